The maximum atomic E-state index is 9.09. The smallest absolute Gasteiger partial charge is 0.130 e. The predicted molar refractivity (Wildman–Crippen MR) is 81.1 cm³/mol. The lowest BCUT2D eigenvalue weighted by molar-refractivity contribution is 0.298. The molecule has 0 aromatic heterocycles. The van der Waals surface area contributed by atoms with Gasteiger partial charge < -0.3 is 15.2 Å². The van der Waals surface area contributed by atoms with Crippen molar-refractivity contribution in [3.8, 4) is 11.5 Å². The Bertz CT molecular complexity index is 540. The van der Waals surface area contributed by atoms with Crippen LogP contribution in [0.3, 0.4) is 0 Å². The van der Waals surface area contributed by atoms with Gasteiger partial charge in [0.2, 0.25) is 0 Å². The Hall–Kier alpha value is -1.84. The molecule has 0 unspecified atom stereocenters. The maximum absolute atomic E-state index is 9.09. The fourth-order valence-electron chi connectivity index (χ4n) is 2.05. The molecule has 2 rings (SSSR count). The molecule has 0 fully saturated rings. The van der Waals surface area contributed by atoms with Crippen molar-refractivity contribution in [1.29, 1.82) is 0 Å². The van der Waals surface area contributed by atoms with Crippen LogP contribution in [0.15, 0.2) is 48.5 Å². The Morgan fingerprint density at radius 2 is 1.95 bits per heavy atom. The van der Waals surface area contributed by atoms with E-state index in [4.69, 9.17) is 9.84 Å². The standard InChI is InChI=1S/C17H21NO2/c1-2-18-13-14-6-5-8-16(12-14)20-17-9-4-3-7-15(17)10-11-19/h3-9,12,18-19H,2,10-11,13H2,1H3. The lowest BCUT2D eigenvalue weighted by Gasteiger charge is -2.11. The van der Waals surface area contributed by atoms with E-state index in [2.05, 4.69) is 18.3 Å². The molecule has 0 saturated carbocycles. The van der Waals surface area contributed by atoms with Crippen molar-refractivity contribution in [2.24, 2.45) is 0 Å². The molecule has 3 nitrogen and oxygen atoms in total. The number of aliphatic hydroxyl groups is 1. The number of nitrogens with one attached hydrogen (secondary N) is 1. The molecule has 3 heteroatoms. The quantitative estimate of drug-likeness (QED) is 0.813. The zero-order chi connectivity index (χ0) is 14.2. The summed E-state index contributed by atoms with van der Waals surface area (Å²) in [7, 11) is 0. The molecule has 0 aliphatic rings. The van der Waals surface area contributed by atoms with E-state index in [1.165, 1.54) is 5.56 Å². The average Bonchev–Trinajstić information content (AvgIpc) is 2.48. The Labute approximate surface area is 120 Å². The summed E-state index contributed by atoms with van der Waals surface area (Å²) in [6.45, 7) is 4.00. The molecule has 2 aromatic rings. The van der Waals surface area contributed by atoms with E-state index in [9.17, 15) is 0 Å². The van der Waals surface area contributed by atoms with Crippen molar-refractivity contribution in [1.82, 2.24) is 5.32 Å². The highest BCUT2D eigenvalue weighted by Crippen LogP contribution is 2.26. The monoisotopic (exact) mass is 271 g/mol. The molecule has 0 atom stereocenters. The normalized spacial score (nSPS) is 10.5. The topological polar surface area (TPSA) is 41.5 Å². The van der Waals surface area contributed by atoms with Crippen molar-refractivity contribution in [3.05, 3.63) is 59.7 Å². The zero-order valence-electron chi connectivity index (χ0n) is 11.8. The van der Waals surface area contributed by atoms with Gasteiger partial charge >= 0.3 is 0 Å². The Balaban J connectivity index is 2.13. The van der Waals surface area contributed by atoms with Gasteiger partial charge in [0.25, 0.3) is 0 Å². The zero-order valence-corrected chi connectivity index (χ0v) is 11.8. The third-order valence-corrected chi connectivity index (χ3v) is 3.06. The van der Waals surface area contributed by atoms with Gasteiger partial charge in [-0.2, -0.15) is 0 Å². The molecule has 0 saturated heterocycles. The number of ether oxygens (including phenoxy) is 1. The SMILES string of the molecule is CCNCc1cccc(Oc2ccccc2CCO)c1. The van der Waals surface area contributed by atoms with Crippen LogP contribution in [0.4, 0.5) is 0 Å². The third-order valence-electron chi connectivity index (χ3n) is 3.06. The second kappa shape index (κ2) is 7.68. The van der Waals surface area contributed by atoms with Gasteiger partial charge in [0.15, 0.2) is 0 Å². The predicted octanol–water partition coefficient (Wildman–Crippen LogP) is 3.12. The molecule has 0 aliphatic carbocycles. The van der Waals surface area contributed by atoms with Crippen LogP contribution in [0.1, 0.15) is 18.1 Å². The van der Waals surface area contributed by atoms with Crippen LogP contribution >= 0.6 is 0 Å². The van der Waals surface area contributed by atoms with Crippen molar-refractivity contribution in [2.45, 2.75) is 19.9 Å². The fourth-order valence-corrected chi connectivity index (χ4v) is 2.05. The highest BCUT2D eigenvalue weighted by Gasteiger charge is 2.04. The van der Waals surface area contributed by atoms with E-state index >= 15 is 0 Å². The molecule has 0 aliphatic heterocycles. The maximum Gasteiger partial charge on any atom is 0.130 e. The van der Waals surface area contributed by atoms with Gasteiger partial charge in [-0.25, -0.2) is 0 Å². The molecule has 2 aromatic carbocycles. The highest BCUT2D eigenvalue weighted by atomic mass is 16.5. The molecule has 0 amide bonds. The molecular weight excluding hydrogens is 250 g/mol. The van der Waals surface area contributed by atoms with Crippen molar-refractivity contribution < 1.29 is 9.84 Å². The molecule has 0 bridgehead atoms. The molecule has 2 N–H and O–H groups in total. The number of hydrogen-bond donors (Lipinski definition) is 2. The highest BCUT2D eigenvalue weighted by molar-refractivity contribution is 5.39. The number of hydrogen-bond acceptors (Lipinski definition) is 3. The minimum Gasteiger partial charge on any atom is -0.457 e. The van der Waals surface area contributed by atoms with Crippen molar-refractivity contribution in [2.75, 3.05) is 13.2 Å². The minimum absolute atomic E-state index is 0.126. The summed E-state index contributed by atoms with van der Waals surface area (Å²) < 4.78 is 5.94. The van der Waals surface area contributed by atoms with Crippen LogP contribution in [0.2, 0.25) is 0 Å². The average molecular weight is 271 g/mol. The van der Waals surface area contributed by atoms with Crippen LogP contribution < -0.4 is 10.1 Å². The Morgan fingerprint density at radius 3 is 2.75 bits per heavy atom. The minimum atomic E-state index is 0.126. The first-order chi connectivity index (χ1) is 9.83. The summed E-state index contributed by atoms with van der Waals surface area (Å²) in [6, 6.07) is 15.9. The summed E-state index contributed by atoms with van der Waals surface area (Å²) in [4.78, 5) is 0. The lowest BCUT2D eigenvalue weighted by atomic mass is 10.1. The molecule has 20 heavy (non-hydrogen) atoms. The first kappa shape index (κ1) is 14.6. The summed E-state index contributed by atoms with van der Waals surface area (Å²) in [6.07, 6.45) is 0.604. The first-order valence-corrected chi connectivity index (χ1v) is 6.99. The molecule has 106 valence electrons. The third kappa shape index (κ3) is 4.08. The van der Waals surface area contributed by atoms with Gasteiger partial charge in [-0.1, -0.05) is 37.3 Å². The largest absolute Gasteiger partial charge is 0.457 e. The van der Waals surface area contributed by atoms with E-state index in [1.54, 1.807) is 0 Å². The molecular formula is C17H21NO2. The van der Waals surface area contributed by atoms with E-state index in [1.807, 2.05) is 42.5 Å². The van der Waals surface area contributed by atoms with Gasteiger partial charge in [-0.05, 0) is 42.3 Å². The van der Waals surface area contributed by atoms with Gasteiger partial charge in [0, 0.05) is 13.2 Å². The van der Waals surface area contributed by atoms with Crippen LogP contribution in [0.25, 0.3) is 0 Å². The second-order valence-electron chi connectivity index (χ2n) is 4.61. The number of rotatable bonds is 7. The van der Waals surface area contributed by atoms with Gasteiger partial charge in [-0.15, -0.1) is 0 Å². The van der Waals surface area contributed by atoms with Crippen LogP contribution in [-0.2, 0) is 13.0 Å². The summed E-state index contributed by atoms with van der Waals surface area (Å²) >= 11 is 0. The Morgan fingerprint density at radius 1 is 1.10 bits per heavy atom. The van der Waals surface area contributed by atoms with Crippen molar-refractivity contribution in [3.63, 3.8) is 0 Å². The van der Waals surface area contributed by atoms with Crippen LogP contribution in [0, 0.1) is 0 Å². The van der Waals surface area contributed by atoms with E-state index in [0.717, 1.165) is 30.2 Å². The van der Waals surface area contributed by atoms with E-state index in [-0.39, 0.29) is 6.61 Å². The van der Waals surface area contributed by atoms with Crippen LogP contribution in [-0.4, -0.2) is 18.3 Å². The Kier molecular flexibility index (Phi) is 5.59. The number of aliphatic hydroxyl groups excluding tert-OH is 1. The van der Waals surface area contributed by atoms with Crippen molar-refractivity contribution >= 4 is 0 Å². The van der Waals surface area contributed by atoms with Gasteiger partial charge in [-0.3, -0.25) is 0 Å². The first-order valence-electron chi connectivity index (χ1n) is 6.99. The molecule has 0 heterocycles. The lowest BCUT2D eigenvalue weighted by Crippen LogP contribution is -2.11. The number of benzene rings is 2. The molecule has 0 spiro atoms. The summed E-state index contributed by atoms with van der Waals surface area (Å²) in [5.74, 6) is 1.63. The van der Waals surface area contributed by atoms with Gasteiger partial charge in [0.1, 0.15) is 11.5 Å². The molecule has 0 radical (unpaired) electrons. The summed E-state index contributed by atoms with van der Waals surface area (Å²) in [5.41, 5.74) is 2.22. The van der Waals surface area contributed by atoms with E-state index in [0.29, 0.717) is 6.42 Å². The number of para-hydroxylation sites is 1. The van der Waals surface area contributed by atoms with E-state index < -0.39 is 0 Å². The summed E-state index contributed by atoms with van der Waals surface area (Å²) in [5, 5.41) is 12.4. The fraction of sp³-hybridized carbons (Fsp3) is 0.294. The van der Waals surface area contributed by atoms with Gasteiger partial charge in [0.05, 0.1) is 0 Å². The van der Waals surface area contributed by atoms with Crippen LogP contribution in [0.5, 0.6) is 11.5 Å². The second-order valence-corrected chi connectivity index (χ2v) is 4.61.